The molecule has 1 atom stereocenters. The molecular weight excluding hydrogens is 252 g/mol. The van der Waals surface area contributed by atoms with Gasteiger partial charge in [0.15, 0.2) is 0 Å². The number of methoxy groups -OCH3 is 1. The van der Waals surface area contributed by atoms with E-state index < -0.39 is 0 Å². The predicted octanol–water partition coefficient (Wildman–Crippen LogP) is 1.66. The fourth-order valence-electron chi connectivity index (χ4n) is 3.48. The quantitative estimate of drug-likeness (QED) is 0.851. The molecular formula is C16H22N2O2. The highest BCUT2D eigenvalue weighted by Gasteiger charge is 2.39. The minimum atomic E-state index is -0.260. The Kier molecular flexibility index (Phi) is 3.76. The van der Waals surface area contributed by atoms with Gasteiger partial charge in [0.1, 0.15) is 0 Å². The molecule has 1 unspecified atom stereocenters. The number of nitrogens with zero attached hydrogens (tertiary/aromatic N) is 1. The third kappa shape index (κ3) is 2.72. The van der Waals surface area contributed by atoms with Crippen LogP contribution in [0.3, 0.4) is 0 Å². The summed E-state index contributed by atoms with van der Waals surface area (Å²) in [5, 5.41) is 3.48. The molecule has 1 spiro atoms. The molecule has 2 fully saturated rings. The molecule has 0 aromatic heterocycles. The molecule has 1 aromatic rings. The van der Waals surface area contributed by atoms with Crippen molar-refractivity contribution in [3.63, 3.8) is 0 Å². The molecule has 1 aromatic carbocycles. The van der Waals surface area contributed by atoms with E-state index in [4.69, 9.17) is 4.74 Å². The van der Waals surface area contributed by atoms with Gasteiger partial charge in [-0.3, -0.25) is 4.90 Å². The summed E-state index contributed by atoms with van der Waals surface area (Å²) in [4.78, 5) is 14.1. The van der Waals surface area contributed by atoms with Crippen molar-refractivity contribution < 1.29 is 9.53 Å². The van der Waals surface area contributed by atoms with Crippen LogP contribution in [0, 0.1) is 5.41 Å². The molecule has 3 rings (SSSR count). The van der Waals surface area contributed by atoms with Gasteiger partial charge in [-0.1, -0.05) is 12.1 Å². The highest BCUT2D eigenvalue weighted by Crippen LogP contribution is 2.36. The maximum absolute atomic E-state index is 11.6. The molecule has 0 radical (unpaired) electrons. The molecule has 0 amide bonds. The van der Waals surface area contributed by atoms with Crippen LogP contribution in [0.2, 0.25) is 0 Å². The Morgan fingerprint density at radius 3 is 3.10 bits per heavy atom. The zero-order chi connectivity index (χ0) is 14.0. The number of benzene rings is 1. The minimum absolute atomic E-state index is 0.260. The summed E-state index contributed by atoms with van der Waals surface area (Å²) in [5.41, 5.74) is 2.33. The Morgan fingerprint density at radius 2 is 2.35 bits per heavy atom. The molecule has 4 nitrogen and oxygen atoms in total. The van der Waals surface area contributed by atoms with Crippen molar-refractivity contribution in [2.75, 3.05) is 33.3 Å². The molecule has 108 valence electrons. The standard InChI is InChI=1S/C16H22N2O2/c1-20-15(19)14-4-2-3-13(9-14)10-18-8-6-16(12-18)5-7-17-11-16/h2-4,9,17H,5-8,10-12H2,1H3. The average molecular weight is 274 g/mol. The van der Waals surface area contributed by atoms with E-state index in [0.29, 0.717) is 11.0 Å². The van der Waals surface area contributed by atoms with Gasteiger partial charge in [-0.2, -0.15) is 0 Å². The van der Waals surface area contributed by atoms with E-state index in [1.165, 1.54) is 32.1 Å². The van der Waals surface area contributed by atoms with Gasteiger partial charge < -0.3 is 10.1 Å². The molecule has 4 heteroatoms. The van der Waals surface area contributed by atoms with Gasteiger partial charge in [-0.15, -0.1) is 0 Å². The number of esters is 1. The monoisotopic (exact) mass is 274 g/mol. The second-order valence-electron chi connectivity index (χ2n) is 6.08. The van der Waals surface area contributed by atoms with Crippen LogP contribution in [0.4, 0.5) is 0 Å². The van der Waals surface area contributed by atoms with Gasteiger partial charge in [0.2, 0.25) is 0 Å². The Morgan fingerprint density at radius 1 is 1.45 bits per heavy atom. The van der Waals surface area contributed by atoms with Crippen LogP contribution < -0.4 is 5.32 Å². The number of hydrogen-bond donors (Lipinski definition) is 1. The maximum Gasteiger partial charge on any atom is 0.337 e. The number of carbonyl (C=O) groups excluding carboxylic acids is 1. The van der Waals surface area contributed by atoms with Crippen LogP contribution in [0.15, 0.2) is 24.3 Å². The summed E-state index contributed by atoms with van der Waals surface area (Å²) in [5.74, 6) is -0.260. The van der Waals surface area contributed by atoms with Crippen molar-refractivity contribution in [2.45, 2.75) is 19.4 Å². The van der Waals surface area contributed by atoms with Crippen molar-refractivity contribution in [3.8, 4) is 0 Å². The average Bonchev–Trinajstić information content (AvgIpc) is 3.09. The molecule has 0 bridgehead atoms. The first kappa shape index (κ1) is 13.6. The Balaban J connectivity index is 1.65. The van der Waals surface area contributed by atoms with E-state index in [2.05, 4.69) is 16.3 Å². The van der Waals surface area contributed by atoms with Crippen molar-refractivity contribution in [1.29, 1.82) is 0 Å². The van der Waals surface area contributed by atoms with Crippen molar-refractivity contribution >= 4 is 5.97 Å². The summed E-state index contributed by atoms with van der Waals surface area (Å²) in [7, 11) is 1.42. The lowest BCUT2D eigenvalue weighted by Gasteiger charge is -2.22. The first-order valence-corrected chi connectivity index (χ1v) is 7.31. The number of nitrogens with one attached hydrogen (secondary N) is 1. The molecule has 2 heterocycles. The fraction of sp³-hybridized carbons (Fsp3) is 0.562. The van der Waals surface area contributed by atoms with Gasteiger partial charge in [-0.25, -0.2) is 4.79 Å². The lowest BCUT2D eigenvalue weighted by molar-refractivity contribution is 0.0600. The Bertz CT molecular complexity index is 495. The van der Waals surface area contributed by atoms with Crippen LogP contribution in [0.5, 0.6) is 0 Å². The first-order chi connectivity index (χ1) is 9.71. The Labute approximate surface area is 120 Å². The molecule has 0 saturated carbocycles. The Hall–Kier alpha value is -1.39. The molecule has 2 aliphatic rings. The molecule has 1 N–H and O–H groups in total. The van der Waals surface area contributed by atoms with E-state index >= 15 is 0 Å². The second-order valence-corrected chi connectivity index (χ2v) is 6.08. The smallest absolute Gasteiger partial charge is 0.337 e. The first-order valence-electron chi connectivity index (χ1n) is 7.31. The van der Waals surface area contributed by atoms with Crippen LogP contribution >= 0.6 is 0 Å². The number of ether oxygens (including phenoxy) is 1. The lowest BCUT2D eigenvalue weighted by atomic mass is 9.86. The van der Waals surface area contributed by atoms with E-state index in [1.807, 2.05) is 18.2 Å². The largest absolute Gasteiger partial charge is 0.465 e. The van der Waals surface area contributed by atoms with Gasteiger partial charge in [-0.05, 0) is 49.0 Å². The SMILES string of the molecule is COC(=O)c1cccc(CN2CCC3(CCNC3)C2)c1. The maximum atomic E-state index is 11.6. The summed E-state index contributed by atoms with van der Waals surface area (Å²) in [6.07, 6.45) is 2.59. The normalized spacial score (nSPS) is 26.2. The van der Waals surface area contributed by atoms with E-state index in [9.17, 15) is 4.79 Å². The number of rotatable bonds is 3. The molecule has 2 saturated heterocycles. The second kappa shape index (κ2) is 5.54. The van der Waals surface area contributed by atoms with Gasteiger partial charge in [0.05, 0.1) is 12.7 Å². The lowest BCUT2D eigenvalue weighted by Crippen LogP contribution is -2.29. The topological polar surface area (TPSA) is 41.6 Å². The highest BCUT2D eigenvalue weighted by atomic mass is 16.5. The number of likely N-dealkylation sites (tertiary alicyclic amines) is 1. The van der Waals surface area contributed by atoms with E-state index in [-0.39, 0.29) is 5.97 Å². The van der Waals surface area contributed by atoms with E-state index in [1.54, 1.807) is 0 Å². The summed E-state index contributed by atoms with van der Waals surface area (Å²) >= 11 is 0. The third-order valence-electron chi connectivity index (χ3n) is 4.60. The zero-order valence-electron chi connectivity index (χ0n) is 12.0. The van der Waals surface area contributed by atoms with Crippen LogP contribution in [0.1, 0.15) is 28.8 Å². The van der Waals surface area contributed by atoms with Crippen LogP contribution in [-0.2, 0) is 11.3 Å². The van der Waals surface area contributed by atoms with Crippen molar-refractivity contribution in [1.82, 2.24) is 10.2 Å². The number of carbonyl (C=O) groups is 1. The third-order valence-corrected chi connectivity index (χ3v) is 4.60. The van der Waals surface area contributed by atoms with Crippen molar-refractivity contribution in [2.24, 2.45) is 5.41 Å². The fourth-order valence-corrected chi connectivity index (χ4v) is 3.48. The highest BCUT2D eigenvalue weighted by molar-refractivity contribution is 5.89. The van der Waals surface area contributed by atoms with E-state index in [0.717, 1.165) is 26.2 Å². The van der Waals surface area contributed by atoms with Gasteiger partial charge >= 0.3 is 5.97 Å². The predicted molar refractivity (Wildman–Crippen MR) is 77.6 cm³/mol. The summed E-state index contributed by atoms with van der Waals surface area (Å²) in [6.45, 7) is 5.57. The summed E-state index contributed by atoms with van der Waals surface area (Å²) in [6, 6.07) is 7.78. The van der Waals surface area contributed by atoms with Crippen molar-refractivity contribution in [3.05, 3.63) is 35.4 Å². The van der Waals surface area contributed by atoms with Gasteiger partial charge in [0, 0.05) is 19.6 Å². The molecule has 0 aliphatic carbocycles. The number of hydrogen-bond acceptors (Lipinski definition) is 4. The van der Waals surface area contributed by atoms with Gasteiger partial charge in [0.25, 0.3) is 0 Å². The van der Waals surface area contributed by atoms with Crippen LogP contribution in [0.25, 0.3) is 0 Å². The molecule has 2 aliphatic heterocycles. The minimum Gasteiger partial charge on any atom is -0.465 e. The van der Waals surface area contributed by atoms with Crippen LogP contribution in [-0.4, -0.2) is 44.2 Å². The zero-order valence-corrected chi connectivity index (χ0v) is 12.0. The molecule has 20 heavy (non-hydrogen) atoms. The summed E-state index contributed by atoms with van der Waals surface area (Å²) < 4.78 is 4.78.